The molecular weight excluding hydrogens is 336 g/mol. The Balaban J connectivity index is 1.84. The van der Waals surface area contributed by atoms with Crippen molar-refractivity contribution >= 4 is 33.0 Å². The van der Waals surface area contributed by atoms with Crippen LogP contribution in [0, 0.1) is 0 Å². The molecule has 124 valence electrons. The maximum atomic E-state index is 12.1. The van der Waals surface area contributed by atoms with Gasteiger partial charge < -0.3 is 10.0 Å². The quantitative estimate of drug-likeness (QED) is 0.710. The second-order valence-corrected chi connectivity index (χ2v) is 7.87. The van der Waals surface area contributed by atoms with Crippen molar-refractivity contribution in [1.82, 2.24) is 4.72 Å². The molecule has 2 rings (SSSR count). The van der Waals surface area contributed by atoms with Crippen molar-refractivity contribution in [2.45, 2.75) is 10.6 Å². The third kappa shape index (κ3) is 4.78. The minimum Gasteiger partial charge on any atom is -0.478 e. The fraction of sp³-hybridized carbons (Fsp3) is 0.267. The third-order valence-electron chi connectivity index (χ3n) is 3.25. The largest absolute Gasteiger partial charge is 0.478 e. The van der Waals surface area contributed by atoms with Crippen LogP contribution in [0.3, 0.4) is 0 Å². The van der Waals surface area contributed by atoms with Crippen LogP contribution in [0.25, 0.3) is 0 Å². The van der Waals surface area contributed by atoms with Crippen LogP contribution < -0.4 is 9.62 Å². The standard InChI is InChI=1S/C15H18N2O4S2/c1-17(13-6-3-2-4-7-13)9-5-8-16-23(20,21)14-10-12(11-22-14)15(18)19/h2-4,6-7,10-11,16H,5,8-9H2,1H3,(H,18,19). The van der Waals surface area contributed by atoms with E-state index >= 15 is 0 Å². The zero-order valence-corrected chi connectivity index (χ0v) is 14.2. The summed E-state index contributed by atoms with van der Waals surface area (Å²) < 4.78 is 26.7. The van der Waals surface area contributed by atoms with E-state index in [0.29, 0.717) is 19.5 Å². The minimum atomic E-state index is -3.65. The Labute approximate surface area is 139 Å². The number of hydrogen-bond acceptors (Lipinski definition) is 5. The summed E-state index contributed by atoms with van der Waals surface area (Å²) in [6.45, 7) is 0.997. The highest BCUT2D eigenvalue weighted by Gasteiger charge is 2.18. The first-order valence-corrected chi connectivity index (χ1v) is 9.34. The first-order chi connectivity index (χ1) is 10.9. The maximum Gasteiger partial charge on any atom is 0.336 e. The number of nitrogens with zero attached hydrogens (tertiary/aromatic N) is 1. The van der Waals surface area contributed by atoms with Crippen LogP contribution >= 0.6 is 11.3 Å². The number of thiophene rings is 1. The molecular formula is C15H18N2O4S2. The summed E-state index contributed by atoms with van der Waals surface area (Å²) >= 11 is 0.904. The molecule has 23 heavy (non-hydrogen) atoms. The van der Waals surface area contributed by atoms with Gasteiger partial charge in [-0.1, -0.05) is 18.2 Å². The molecule has 0 fully saturated rings. The molecule has 6 nitrogen and oxygen atoms in total. The average molecular weight is 354 g/mol. The number of hydrogen-bond donors (Lipinski definition) is 2. The fourth-order valence-electron chi connectivity index (χ4n) is 1.98. The Morgan fingerprint density at radius 1 is 1.30 bits per heavy atom. The van der Waals surface area contributed by atoms with Gasteiger partial charge in [-0.3, -0.25) is 0 Å². The van der Waals surface area contributed by atoms with Crippen LogP contribution in [0.4, 0.5) is 5.69 Å². The Kier molecular flexibility index (Phi) is 5.75. The van der Waals surface area contributed by atoms with E-state index in [-0.39, 0.29) is 9.77 Å². The smallest absolute Gasteiger partial charge is 0.336 e. The number of carboxylic acid groups (broad SMARTS) is 1. The number of nitrogens with one attached hydrogen (secondary N) is 1. The number of para-hydroxylation sites is 1. The Morgan fingerprint density at radius 3 is 2.61 bits per heavy atom. The number of benzene rings is 1. The van der Waals surface area contributed by atoms with Crippen LogP contribution in [0.2, 0.25) is 0 Å². The van der Waals surface area contributed by atoms with Gasteiger partial charge in [0, 0.05) is 31.2 Å². The molecule has 0 saturated carbocycles. The average Bonchev–Trinajstić information content (AvgIpc) is 3.03. The molecule has 0 unspecified atom stereocenters. The molecule has 1 heterocycles. The van der Waals surface area contributed by atoms with Crippen LogP contribution in [0.15, 0.2) is 46.0 Å². The van der Waals surface area contributed by atoms with Crippen molar-refractivity contribution < 1.29 is 18.3 Å². The lowest BCUT2D eigenvalue weighted by Crippen LogP contribution is -2.27. The first-order valence-electron chi connectivity index (χ1n) is 6.98. The van der Waals surface area contributed by atoms with Crippen molar-refractivity contribution in [1.29, 1.82) is 0 Å². The number of carbonyl (C=O) groups is 1. The summed E-state index contributed by atoms with van der Waals surface area (Å²) in [5.41, 5.74) is 1.05. The number of carboxylic acids is 1. The van der Waals surface area contributed by atoms with E-state index in [1.807, 2.05) is 42.3 Å². The van der Waals surface area contributed by atoms with Crippen LogP contribution in [-0.4, -0.2) is 39.6 Å². The van der Waals surface area contributed by atoms with Gasteiger partial charge in [0.25, 0.3) is 0 Å². The van der Waals surface area contributed by atoms with Gasteiger partial charge in [-0.25, -0.2) is 17.9 Å². The molecule has 0 aliphatic carbocycles. The van der Waals surface area contributed by atoms with Crippen molar-refractivity contribution in [2.24, 2.45) is 0 Å². The Bertz CT molecular complexity index is 757. The molecule has 2 aromatic rings. The van der Waals surface area contributed by atoms with Crippen molar-refractivity contribution in [3.63, 3.8) is 0 Å². The van der Waals surface area contributed by atoms with Gasteiger partial charge in [-0.05, 0) is 24.6 Å². The van der Waals surface area contributed by atoms with Crippen LogP contribution in [-0.2, 0) is 10.0 Å². The van der Waals surface area contributed by atoms with Crippen LogP contribution in [0.1, 0.15) is 16.8 Å². The summed E-state index contributed by atoms with van der Waals surface area (Å²) in [6.07, 6.45) is 0.641. The molecule has 8 heteroatoms. The molecule has 0 spiro atoms. The zero-order valence-electron chi connectivity index (χ0n) is 12.6. The zero-order chi connectivity index (χ0) is 16.9. The van der Waals surface area contributed by atoms with E-state index < -0.39 is 16.0 Å². The SMILES string of the molecule is CN(CCCNS(=O)(=O)c1cc(C(=O)O)cs1)c1ccccc1. The van der Waals surface area contributed by atoms with Crippen molar-refractivity contribution in [3.8, 4) is 0 Å². The molecule has 0 bridgehead atoms. The van der Waals surface area contributed by atoms with Gasteiger partial charge in [-0.15, -0.1) is 11.3 Å². The monoisotopic (exact) mass is 354 g/mol. The van der Waals surface area contributed by atoms with Gasteiger partial charge in [0.2, 0.25) is 10.0 Å². The van der Waals surface area contributed by atoms with E-state index in [1.54, 1.807) is 0 Å². The van der Waals surface area contributed by atoms with Crippen molar-refractivity contribution in [2.75, 3.05) is 25.0 Å². The van der Waals surface area contributed by atoms with E-state index in [4.69, 9.17) is 5.11 Å². The predicted octanol–water partition coefficient (Wildman–Crippen LogP) is 2.25. The minimum absolute atomic E-state index is 0.0146. The highest BCUT2D eigenvalue weighted by Crippen LogP contribution is 2.20. The van der Waals surface area contributed by atoms with Gasteiger partial charge in [0.15, 0.2) is 0 Å². The summed E-state index contributed by atoms with van der Waals surface area (Å²) in [5, 5.41) is 10.2. The molecule has 0 radical (unpaired) electrons. The third-order valence-corrected chi connectivity index (χ3v) is 6.15. The molecule has 0 saturated heterocycles. The van der Waals surface area contributed by atoms with E-state index in [2.05, 4.69) is 4.72 Å². The fourth-order valence-corrected chi connectivity index (χ4v) is 4.25. The lowest BCUT2D eigenvalue weighted by atomic mass is 10.3. The van der Waals surface area contributed by atoms with Crippen LogP contribution in [0.5, 0.6) is 0 Å². The summed E-state index contributed by atoms with van der Waals surface area (Å²) in [4.78, 5) is 12.8. The predicted molar refractivity (Wildman–Crippen MR) is 90.8 cm³/mol. The van der Waals surface area contributed by atoms with Gasteiger partial charge in [-0.2, -0.15) is 0 Å². The second kappa shape index (κ2) is 7.58. The lowest BCUT2D eigenvalue weighted by molar-refractivity contribution is 0.0697. The molecule has 1 aromatic heterocycles. The molecule has 1 aromatic carbocycles. The van der Waals surface area contributed by atoms with E-state index in [0.717, 1.165) is 17.0 Å². The Hall–Kier alpha value is -1.90. The molecule has 0 amide bonds. The lowest BCUT2D eigenvalue weighted by Gasteiger charge is -2.19. The maximum absolute atomic E-state index is 12.1. The molecule has 0 aliphatic rings. The van der Waals surface area contributed by atoms with E-state index in [9.17, 15) is 13.2 Å². The normalized spacial score (nSPS) is 11.3. The number of rotatable bonds is 8. The van der Waals surface area contributed by atoms with Gasteiger partial charge >= 0.3 is 5.97 Å². The second-order valence-electron chi connectivity index (χ2n) is 4.97. The molecule has 2 N–H and O–H groups in total. The first kappa shape index (κ1) is 17.5. The summed E-state index contributed by atoms with van der Waals surface area (Å²) in [7, 11) is -1.70. The Morgan fingerprint density at radius 2 is 2.00 bits per heavy atom. The molecule has 0 aliphatic heterocycles. The topological polar surface area (TPSA) is 86.7 Å². The number of sulfonamides is 1. The molecule has 0 atom stereocenters. The number of aromatic carboxylic acids is 1. The summed E-state index contributed by atoms with van der Waals surface area (Å²) in [6, 6.07) is 11.0. The van der Waals surface area contributed by atoms with E-state index in [1.165, 1.54) is 11.4 Å². The number of anilines is 1. The summed E-state index contributed by atoms with van der Waals surface area (Å²) in [5.74, 6) is -1.13. The highest BCUT2D eigenvalue weighted by atomic mass is 32.2. The van der Waals surface area contributed by atoms with Crippen molar-refractivity contribution in [3.05, 3.63) is 47.3 Å². The van der Waals surface area contributed by atoms with Gasteiger partial charge in [0.1, 0.15) is 4.21 Å². The van der Waals surface area contributed by atoms with Gasteiger partial charge in [0.05, 0.1) is 5.56 Å². The highest BCUT2D eigenvalue weighted by molar-refractivity contribution is 7.91.